The van der Waals surface area contributed by atoms with Crippen LogP contribution in [0.5, 0.6) is 11.5 Å². The molecule has 1 aromatic carbocycles. The molecule has 0 aliphatic rings. The van der Waals surface area contributed by atoms with Gasteiger partial charge in [0.15, 0.2) is 11.5 Å². The number of carbonyl (C=O) groups is 1. The third-order valence-corrected chi connectivity index (χ3v) is 2.08. The third kappa shape index (κ3) is 4.81. The largest absolute Gasteiger partial charge is 0.493 e. The van der Waals surface area contributed by atoms with Crippen molar-refractivity contribution < 1.29 is 14.3 Å². The SMILES string of the molecule is CCOc1cc(NC(=O)CNC)ccc1OC.Cl. The molecule has 0 saturated carbocycles. The molecule has 0 radical (unpaired) electrons. The Kier molecular flexibility index (Phi) is 7.91. The lowest BCUT2D eigenvalue weighted by molar-refractivity contribution is -0.115. The Bertz CT molecular complexity index is 386. The number of nitrogens with one attached hydrogen (secondary N) is 2. The Hall–Kier alpha value is -1.46. The lowest BCUT2D eigenvalue weighted by Crippen LogP contribution is -2.25. The van der Waals surface area contributed by atoms with E-state index in [1.165, 1.54) is 0 Å². The Morgan fingerprint density at radius 1 is 1.33 bits per heavy atom. The second-order valence-corrected chi connectivity index (χ2v) is 3.38. The second-order valence-electron chi connectivity index (χ2n) is 3.38. The monoisotopic (exact) mass is 274 g/mol. The number of ether oxygens (including phenoxy) is 2. The number of hydrogen-bond acceptors (Lipinski definition) is 4. The summed E-state index contributed by atoms with van der Waals surface area (Å²) in [5.74, 6) is 1.18. The number of hydrogen-bond donors (Lipinski definition) is 2. The molecule has 5 nitrogen and oxygen atoms in total. The molecule has 0 aliphatic carbocycles. The van der Waals surface area contributed by atoms with Gasteiger partial charge in [0.2, 0.25) is 5.91 Å². The van der Waals surface area contributed by atoms with Crippen molar-refractivity contribution in [3.05, 3.63) is 18.2 Å². The van der Waals surface area contributed by atoms with Crippen molar-refractivity contribution in [2.75, 3.05) is 32.6 Å². The zero-order chi connectivity index (χ0) is 12.7. The van der Waals surface area contributed by atoms with E-state index in [-0.39, 0.29) is 24.9 Å². The minimum atomic E-state index is -0.0971. The molecular weight excluding hydrogens is 256 g/mol. The smallest absolute Gasteiger partial charge is 0.238 e. The van der Waals surface area contributed by atoms with E-state index in [1.54, 1.807) is 32.4 Å². The van der Waals surface area contributed by atoms with Crippen molar-refractivity contribution in [2.24, 2.45) is 0 Å². The van der Waals surface area contributed by atoms with Crippen molar-refractivity contribution >= 4 is 24.0 Å². The van der Waals surface area contributed by atoms with Gasteiger partial charge in [-0.1, -0.05) is 0 Å². The predicted molar refractivity (Wildman–Crippen MR) is 74.0 cm³/mol. The maximum Gasteiger partial charge on any atom is 0.238 e. The molecule has 0 heterocycles. The number of likely N-dealkylation sites (N-methyl/N-ethyl adjacent to an activating group) is 1. The van der Waals surface area contributed by atoms with E-state index in [2.05, 4.69) is 10.6 Å². The minimum Gasteiger partial charge on any atom is -0.493 e. The average molecular weight is 275 g/mol. The number of benzene rings is 1. The number of carbonyl (C=O) groups excluding carboxylic acids is 1. The molecule has 0 spiro atoms. The van der Waals surface area contributed by atoms with Gasteiger partial charge in [-0.3, -0.25) is 4.79 Å². The van der Waals surface area contributed by atoms with Crippen molar-refractivity contribution in [2.45, 2.75) is 6.92 Å². The van der Waals surface area contributed by atoms with Crippen LogP contribution < -0.4 is 20.1 Å². The van der Waals surface area contributed by atoms with Crippen LogP contribution >= 0.6 is 12.4 Å². The lowest BCUT2D eigenvalue weighted by atomic mass is 10.2. The summed E-state index contributed by atoms with van der Waals surface area (Å²) in [4.78, 5) is 11.4. The highest BCUT2D eigenvalue weighted by atomic mass is 35.5. The number of methoxy groups -OCH3 is 1. The first-order chi connectivity index (χ1) is 8.21. The fourth-order valence-electron chi connectivity index (χ4n) is 1.39. The maximum absolute atomic E-state index is 11.4. The molecule has 0 aromatic heterocycles. The normalized spacial score (nSPS) is 9.28. The van der Waals surface area contributed by atoms with Gasteiger partial charge in [-0.25, -0.2) is 0 Å². The summed E-state index contributed by atoms with van der Waals surface area (Å²) in [7, 11) is 3.30. The number of anilines is 1. The van der Waals surface area contributed by atoms with Gasteiger partial charge >= 0.3 is 0 Å². The van der Waals surface area contributed by atoms with E-state index >= 15 is 0 Å². The highest BCUT2D eigenvalue weighted by Gasteiger charge is 2.07. The Morgan fingerprint density at radius 3 is 2.61 bits per heavy atom. The van der Waals surface area contributed by atoms with Crippen LogP contribution in [-0.2, 0) is 4.79 Å². The Balaban J connectivity index is 0.00000289. The van der Waals surface area contributed by atoms with Crippen LogP contribution in [0.3, 0.4) is 0 Å². The molecule has 6 heteroatoms. The lowest BCUT2D eigenvalue weighted by Gasteiger charge is -2.11. The molecule has 0 unspecified atom stereocenters. The molecular formula is C12H19ClN2O3. The van der Waals surface area contributed by atoms with Crippen LogP contribution in [-0.4, -0.2) is 33.2 Å². The summed E-state index contributed by atoms with van der Waals surface area (Å²) in [6.07, 6.45) is 0. The molecule has 1 rings (SSSR count). The van der Waals surface area contributed by atoms with Crippen LogP contribution in [0.25, 0.3) is 0 Å². The van der Waals surface area contributed by atoms with Crippen molar-refractivity contribution in [3.8, 4) is 11.5 Å². The van der Waals surface area contributed by atoms with E-state index in [0.717, 1.165) is 0 Å². The number of rotatable bonds is 6. The first kappa shape index (κ1) is 16.5. The van der Waals surface area contributed by atoms with E-state index in [0.29, 0.717) is 23.8 Å². The van der Waals surface area contributed by atoms with Crippen LogP contribution in [0, 0.1) is 0 Å². The number of halogens is 1. The van der Waals surface area contributed by atoms with Crippen molar-refractivity contribution in [1.82, 2.24) is 5.32 Å². The van der Waals surface area contributed by atoms with Gasteiger partial charge < -0.3 is 20.1 Å². The van der Waals surface area contributed by atoms with Crippen LogP contribution in [0.2, 0.25) is 0 Å². The highest BCUT2D eigenvalue weighted by molar-refractivity contribution is 5.92. The zero-order valence-electron chi connectivity index (χ0n) is 10.8. The Labute approximate surface area is 113 Å². The van der Waals surface area contributed by atoms with E-state index in [1.807, 2.05) is 6.92 Å². The first-order valence-corrected chi connectivity index (χ1v) is 5.46. The van der Waals surface area contributed by atoms with Gasteiger partial charge in [-0.2, -0.15) is 0 Å². The summed E-state index contributed by atoms with van der Waals surface area (Å²) in [6, 6.07) is 5.28. The fraction of sp³-hybridized carbons (Fsp3) is 0.417. The van der Waals surface area contributed by atoms with Gasteiger partial charge in [0, 0.05) is 11.8 Å². The van der Waals surface area contributed by atoms with Crippen LogP contribution in [0.4, 0.5) is 5.69 Å². The molecule has 0 saturated heterocycles. The molecule has 0 atom stereocenters. The van der Waals surface area contributed by atoms with E-state index < -0.39 is 0 Å². The third-order valence-electron chi connectivity index (χ3n) is 2.08. The van der Waals surface area contributed by atoms with Gasteiger partial charge in [0.05, 0.1) is 20.3 Å². The standard InChI is InChI=1S/C12H18N2O3.ClH/c1-4-17-11-7-9(5-6-10(11)16-3)14-12(15)8-13-2;/h5-7,13H,4,8H2,1-3H3,(H,14,15);1H. The molecule has 0 fully saturated rings. The van der Waals surface area contributed by atoms with Gasteiger partial charge in [0.1, 0.15) is 0 Å². The predicted octanol–water partition coefficient (Wildman–Crippen LogP) is 1.67. The second kappa shape index (κ2) is 8.60. The summed E-state index contributed by atoms with van der Waals surface area (Å²) in [6.45, 7) is 2.71. The summed E-state index contributed by atoms with van der Waals surface area (Å²) in [5.41, 5.74) is 0.689. The first-order valence-electron chi connectivity index (χ1n) is 5.46. The molecule has 0 bridgehead atoms. The molecule has 1 aromatic rings. The molecule has 102 valence electrons. The fourth-order valence-corrected chi connectivity index (χ4v) is 1.39. The molecule has 0 aliphatic heterocycles. The average Bonchev–Trinajstić information content (AvgIpc) is 2.30. The summed E-state index contributed by atoms with van der Waals surface area (Å²) < 4.78 is 10.6. The quantitative estimate of drug-likeness (QED) is 0.829. The topological polar surface area (TPSA) is 59.6 Å². The summed E-state index contributed by atoms with van der Waals surface area (Å²) >= 11 is 0. The van der Waals surface area contributed by atoms with Gasteiger partial charge in [-0.15, -0.1) is 12.4 Å². The van der Waals surface area contributed by atoms with E-state index in [9.17, 15) is 4.79 Å². The Morgan fingerprint density at radius 2 is 2.06 bits per heavy atom. The number of amides is 1. The molecule has 18 heavy (non-hydrogen) atoms. The van der Waals surface area contributed by atoms with Crippen LogP contribution in [0.15, 0.2) is 18.2 Å². The summed E-state index contributed by atoms with van der Waals surface area (Å²) in [5, 5.41) is 5.54. The maximum atomic E-state index is 11.4. The zero-order valence-corrected chi connectivity index (χ0v) is 11.6. The highest BCUT2D eigenvalue weighted by Crippen LogP contribution is 2.30. The van der Waals surface area contributed by atoms with Crippen LogP contribution in [0.1, 0.15) is 6.92 Å². The van der Waals surface area contributed by atoms with Crippen molar-refractivity contribution in [1.29, 1.82) is 0 Å². The van der Waals surface area contributed by atoms with Crippen molar-refractivity contribution in [3.63, 3.8) is 0 Å². The van der Waals surface area contributed by atoms with Gasteiger partial charge in [-0.05, 0) is 26.1 Å². The van der Waals surface area contributed by atoms with E-state index in [4.69, 9.17) is 9.47 Å². The minimum absolute atomic E-state index is 0. The molecule has 2 N–H and O–H groups in total. The molecule has 1 amide bonds. The van der Waals surface area contributed by atoms with Gasteiger partial charge in [0.25, 0.3) is 0 Å².